The minimum absolute atomic E-state index is 0.0399. The number of carboxylic acids is 1. The van der Waals surface area contributed by atoms with Crippen LogP contribution in [0.5, 0.6) is 0 Å². The molecule has 1 aliphatic rings. The highest BCUT2D eigenvalue weighted by atomic mass is 16.4. The summed E-state index contributed by atoms with van der Waals surface area (Å²) in [5, 5.41) is 12.1. The van der Waals surface area contributed by atoms with Crippen molar-refractivity contribution >= 4 is 17.6 Å². The van der Waals surface area contributed by atoms with Crippen molar-refractivity contribution in [1.82, 2.24) is 0 Å². The van der Waals surface area contributed by atoms with Gasteiger partial charge in [-0.25, -0.2) is 0 Å². The minimum atomic E-state index is -0.798. The number of carboxylic acid groups (broad SMARTS) is 1. The Hall–Kier alpha value is -2.04. The Morgan fingerprint density at radius 1 is 1.33 bits per heavy atom. The molecule has 0 bridgehead atoms. The Bertz CT molecular complexity index is 452. The number of hydrogen-bond acceptors (Lipinski definition) is 3. The van der Waals surface area contributed by atoms with Crippen LogP contribution in [0.4, 0.5) is 5.69 Å². The van der Waals surface area contributed by atoms with Crippen LogP contribution in [0.3, 0.4) is 0 Å². The lowest BCUT2D eigenvalue weighted by Gasteiger charge is -2.17. The minimum Gasteiger partial charge on any atom is -0.481 e. The maximum absolute atomic E-state index is 10.9. The first-order valence-electron chi connectivity index (χ1n) is 5.94. The van der Waals surface area contributed by atoms with Gasteiger partial charge in [0.2, 0.25) is 5.91 Å². The molecule has 2 rings (SSSR count). The van der Waals surface area contributed by atoms with E-state index in [-0.39, 0.29) is 12.5 Å². The summed E-state index contributed by atoms with van der Waals surface area (Å²) >= 11 is 0. The average Bonchev–Trinajstić information content (AvgIpc) is 3.12. The molecule has 1 aliphatic carbocycles. The molecule has 96 valence electrons. The summed E-state index contributed by atoms with van der Waals surface area (Å²) in [5.74, 6) is -0.823. The van der Waals surface area contributed by atoms with Crippen LogP contribution in [-0.4, -0.2) is 23.0 Å². The van der Waals surface area contributed by atoms with Crippen LogP contribution in [0.15, 0.2) is 24.3 Å². The maximum atomic E-state index is 10.9. The van der Waals surface area contributed by atoms with E-state index >= 15 is 0 Å². The van der Waals surface area contributed by atoms with Crippen molar-refractivity contribution in [3.8, 4) is 0 Å². The molecule has 1 unspecified atom stereocenters. The summed E-state index contributed by atoms with van der Waals surface area (Å²) in [6.07, 6.45) is 2.26. The zero-order chi connectivity index (χ0) is 13.1. The molecule has 18 heavy (non-hydrogen) atoms. The lowest BCUT2D eigenvalue weighted by atomic mass is 10.1. The van der Waals surface area contributed by atoms with E-state index in [2.05, 4.69) is 5.32 Å². The van der Waals surface area contributed by atoms with Crippen LogP contribution in [-0.2, 0) is 4.79 Å². The molecule has 1 aromatic rings. The number of amides is 1. The summed E-state index contributed by atoms with van der Waals surface area (Å²) < 4.78 is 0. The first-order valence-corrected chi connectivity index (χ1v) is 5.94. The second kappa shape index (κ2) is 5.08. The number of carbonyl (C=O) groups excluding carboxylic acids is 1. The van der Waals surface area contributed by atoms with Crippen molar-refractivity contribution in [2.24, 2.45) is 11.7 Å². The first-order chi connectivity index (χ1) is 8.56. The number of rotatable bonds is 6. The maximum Gasteiger partial charge on any atom is 0.305 e. The third-order valence-corrected chi connectivity index (χ3v) is 3.11. The van der Waals surface area contributed by atoms with E-state index in [1.165, 1.54) is 0 Å². The van der Waals surface area contributed by atoms with Gasteiger partial charge in [-0.2, -0.15) is 0 Å². The lowest BCUT2D eigenvalue weighted by Crippen LogP contribution is -2.25. The molecule has 5 heteroatoms. The number of carbonyl (C=O) groups is 2. The van der Waals surface area contributed by atoms with Gasteiger partial charge in [0.25, 0.3) is 0 Å². The normalized spacial score (nSPS) is 16.0. The first kappa shape index (κ1) is 12.4. The highest BCUT2D eigenvalue weighted by Gasteiger charge is 2.32. The topological polar surface area (TPSA) is 92.4 Å². The van der Waals surface area contributed by atoms with Gasteiger partial charge in [0.05, 0.1) is 6.42 Å². The van der Waals surface area contributed by atoms with Crippen LogP contribution in [0, 0.1) is 5.92 Å². The lowest BCUT2D eigenvalue weighted by molar-refractivity contribution is -0.137. The molecule has 0 spiro atoms. The Kier molecular flexibility index (Phi) is 3.50. The van der Waals surface area contributed by atoms with E-state index in [1.54, 1.807) is 24.3 Å². The Morgan fingerprint density at radius 3 is 2.39 bits per heavy atom. The highest BCUT2D eigenvalue weighted by molar-refractivity contribution is 5.93. The van der Waals surface area contributed by atoms with Gasteiger partial charge in [-0.3, -0.25) is 9.59 Å². The molecular formula is C13H16N2O3. The number of hydrogen-bond donors (Lipinski definition) is 3. The van der Waals surface area contributed by atoms with Gasteiger partial charge in [0.1, 0.15) is 0 Å². The Morgan fingerprint density at radius 2 is 1.94 bits per heavy atom. The predicted octanol–water partition coefficient (Wildman–Crippen LogP) is 1.45. The fourth-order valence-electron chi connectivity index (χ4n) is 1.97. The van der Waals surface area contributed by atoms with E-state index in [0.29, 0.717) is 11.5 Å². The van der Waals surface area contributed by atoms with Crippen molar-refractivity contribution in [3.05, 3.63) is 29.8 Å². The molecule has 0 heterocycles. The number of primary amides is 1. The predicted molar refractivity (Wildman–Crippen MR) is 67.3 cm³/mol. The Balaban J connectivity index is 2.02. The largest absolute Gasteiger partial charge is 0.481 e. The van der Waals surface area contributed by atoms with Crippen LogP contribution in [0.2, 0.25) is 0 Å². The van der Waals surface area contributed by atoms with Crippen LogP contribution >= 0.6 is 0 Å². The fourth-order valence-corrected chi connectivity index (χ4v) is 1.97. The smallest absolute Gasteiger partial charge is 0.305 e. The zero-order valence-electron chi connectivity index (χ0n) is 9.93. The van der Waals surface area contributed by atoms with Gasteiger partial charge < -0.3 is 16.2 Å². The molecule has 4 N–H and O–H groups in total. The van der Waals surface area contributed by atoms with E-state index in [9.17, 15) is 9.59 Å². The summed E-state index contributed by atoms with van der Waals surface area (Å²) in [6, 6.07) is 6.72. The van der Waals surface area contributed by atoms with Gasteiger partial charge >= 0.3 is 5.97 Å². The zero-order valence-corrected chi connectivity index (χ0v) is 9.93. The van der Waals surface area contributed by atoms with Crippen molar-refractivity contribution in [2.45, 2.75) is 25.3 Å². The molecule has 1 atom stereocenters. The Labute approximate surface area is 105 Å². The molecule has 5 nitrogen and oxygen atoms in total. The average molecular weight is 248 g/mol. The van der Waals surface area contributed by atoms with Crippen LogP contribution < -0.4 is 11.1 Å². The summed E-state index contributed by atoms with van der Waals surface area (Å²) in [5.41, 5.74) is 6.42. The van der Waals surface area contributed by atoms with E-state index in [4.69, 9.17) is 10.8 Å². The van der Waals surface area contributed by atoms with Gasteiger partial charge in [-0.15, -0.1) is 0 Å². The molecule has 0 aliphatic heterocycles. The molecule has 1 saturated carbocycles. The SMILES string of the molecule is NC(=O)c1ccc(NC(CC(=O)O)C2CC2)cc1. The molecule has 0 radical (unpaired) electrons. The number of aliphatic carboxylic acids is 1. The van der Waals surface area contributed by atoms with E-state index in [1.807, 2.05) is 0 Å². The number of anilines is 1. The standard InChI is InChI=1S/C13H16N2O3/c14-13(18)9-3-5-10(6-4-9)15-11(7-12(16)17)8-1-2-8/h3-6,8,11,15H,1-2,7H2,(H2,14,18)(H,16,17). The number of benzene rings is 1. The van der Waals surface area contributed by atoms with Crippen LogP contribution in [0.25, 0.3) is 0 Å². The summed E-state index contributed by atoms with van der Waals surface area (Å²) in [7, 11) is 0. The molecular weight excluding hydrogens is 232 g/mol. The van der Waals surface area contributed by atoms with Gasteiger partial charge in [-0.05, 0) is 43.0 Å². The van der Waals surface area contributed by atoms with Crippen molar-refractivity contribution in [3.63, 3.8) is 0 Å². The summed E-state index contributed by atoms with van der Waals surface area (Å²) in [6.45, 7) is 0. The fraction of sp³-hybridized carbons (Fsp3) is 0.385. The molecule has 1 fully saturated rings. The molecule has 1 amide bonds. The monoisotopic (exact) mass is 248 g/mol. The van der Waals surface area contributed by atoms with Gasteiger partial charge in [0.15, 0.2) is 0 Å². The van der Waals surface area contributed by atoms with Crippen molar-refractivity contribution < 1.29 is 14.7 Å². The second-order valence-electron chi connectivity index (χ2n) is 4.63. The number of nitrogens with two attached hydrogens (primary N) is 1. The third-order valence-electron chi connectivity index (χ3n) is 3.11. The van der Waals surface area contributed by atoms with E-state index in [0.717, 1.165) is 18.5 Å². The van der Waals surface area contributed by atoms with Gasteiger partial charge in [-0.1, -0.05) is 0 Å². The summed E-state index contributed by atoms with van der Waals surface area (Å²) in [4.78, 5) is 21.7. The number of nitrogens with one attached hydrogen (secondary N) is 1. The molecule has 0 saturated heterocycles. The van der Waals surface area contributed by atoms with E-state index < -0.39 is 11.9 Å². The third kappa shape index (κ3) is 3.23. The van der Waals surface area contributed by atoms with Crippen molar-refractivity contribution in [1.29, 1.82) is 0 Å². The van der Waals surface area contributed by atoms with Crippen LogP contribution in [0.1, 0.15) is 29.6 Å². The quantitative estimate of drug-likeness (QED) is 0.710. The molecule has 0 aromatic heterocycles. The second-order valence-corrected chi connectivity index (χ2v) is 4.63. The van der Waals surface area contributed by atoms with Gasteiger partial charge in [0, 0.05) is 17.3 Å². The molecule has 1 aromatic carbocycles. The van der Waals surface area contributed by atoms with Crippen molar-refractivity contribution in [2.75, 3.05) is 5.32 Å². The highest BCUT2D eigenvalue weighted by Crippen LogP contribution is 2.35.